The fourth-order valence-electron chi connectivity index (χ4n) is 2.30. The molecule has 0 aliphatic heterocycles. The lowest BCUT2D eigenvalue weighted by Gasteiger charge is -2.10. The molecule has 0 aliphatic rings. The maximum atomic E-state index is 6.09. The van der Waals surface area contributed by atoms with Gasteiger partial charge in [0.25, 0.3) is 0 Å². The monoisotopic (exact) mass is 331 g/mol. The number of para-hydroxylation sites is 1. The van der Waals surface area contributed by atoms with Crippen molar-refractivity contribution in [2.45, 2.75) is 6.92 Å². The summed E-state index contributed by atoms with van der Waals surface area (Å²) in [6, 6.07) is 11.9. The van der Waals surface area contributed by atoms with Crippen molar-refractivity contribution < 1.29 is 4.74 Å². The highest BCUT2D eigenvalue weighted by Crippen LogP contribution is 2.32. The van der Waals surface area contributed by atoms with Crippen molar-refractivity contribution in [3.8, 4) is 11.4 Å². The van der Waals surface area contributed by atoms with Crippen molar-refractivity contribution in [2.24, 2.45) is 0 Å². The highest BCUT2D eigenvalue weighted by atomic mass is 79.9. The number of fused-ring (bicyclic) bond motifs is 1. The van der Waals surface area contributed by atoms with Gasteiger partial charge in [0.15, 0.2) is 0 Å². The topological polar surface area (TPSA) is 53.1 Å². The summed E-state index contributed by atoms with van der Waals surface area (Å²) in [5.74, 6) is 1.16. The van der Waals surface area contributed by atoms with E-state index >= 15 is 0 Å². The largest absolute Gasteiger partial charge is 0.494 e. The summed E-state index contributed by atoms with van der Waals surface area (Å²) < 4.78 is 8.23. The molecule has 1 heterocycles. The van der Waals surface area contributed by atoms with Gasteiger partial charge in [0.1, 0.15) is 11.3 Å². The lowest BCUT2D eigenvalue weighted by molar-refractivity contribution is 0.419. The summed E-state index contributed by atoms with van der Waals surface area (Å²) in [6.07, 6.45) is 0. The van der Waals surface area contributed by atoms with E-state index in [1.807, 2.05) is 41.8 Å². The molecule has 4 nitrogen and oxygen atoms in total. The van der Waals surface area contributed by atoms with Crippen LogP contribution in [0.4, 0.5) is 5.95 Å². The van der Waals surface area contributed by atoms with Gasteiger partial charge in [-0.2, -0.15) is 0 Å². The molecule has 20 heavy (non-hydrogen) atoms. The Kier molecular flexibility index (Phi) is 3.14. The molecule has 3 aromatic rings. The normalized spacial score (nSPS) is 10.9. The first-order valence-corrected chi connectivity index (χ1v) is 6.98. The summed E-state index contributed by atoms with van der Waals surface area (Å²) in [4.78, 5) is 4.42. The number of methoxy groups -OCH3 is 1. The van der Waals surface area contributed by atoms with Crippen LogP contribution in [0.25, 0.3) is 16.7 Å². The van der Waals surface area contributed by atoms with E-state index in [4.69, 9.17) is 10.5 Å². The van der Waals surface area contributed by atoms with Crippen molar-refractivity contribution in [1.82, 2.24) is 9.55 Å². The van der Waals surface area contributed by atoms with Gasteiger partial charge in [-0.1, -0.05) is 12.1 Å². The maximum absolute atomic E-state index is 6.09. The van der Waals surface area contributed by atoms with E-state index in [0.717, 1.165) is 26.9 Å². The lowest BCUT2D eigenvalue weighted by atomic mass is 10.2. The molecule has 0 spiro atoms. The Balaban J connectivity index is 2.34. The third-order valence-electron chi connectivity index (χ3n) is 3.24. The van der Waals surface area contributed by atoms with E-state index in [9.17, 15) is 0 Å². The van der Waals surface area contributed by atoms with E-state index in [1.54, 1.807) is 7.11 Å². The van der Waals surface area contributed by atoms with Crippen molar-refractivity contribution in [2.75, 3.05) is 12.8 Å². The second-order valence-electron chi connectivity index (χ2n) is 4.59. The molecule has 102 valence electrons. The van der Waals surface area contributed by atoms with Gasteiger partial charge in [0, 0.05) is 4.47 Å². The number of ether oxygens (including phenoxy) is 1. The number of benzene rings is 2. The Hall–Kier alpha value is -2.01. The number of aromatic nitrogens is 2. The zero-order valence-corrected chi connectivity index (χ0v) is 12.8. The molecule has 0 radical (unpaired) electrons. The van der Waals surface area contributed by atoms with Gasteiger partial charge in [0.2, 0.25) is 5.95 Å². The number of aryl methyl sites for hydroxylation is 1. The van der Waals surface area contributed by atoms with Gasteiger partial charge >= 0.3 is 0 Å². The number of nitrogens with zero attached hydrogens (tertiary/aromatic N) is 2. The molecule has 0 bridgehead atoms. The van der Waals surface area contributed by atoms with Crippen LogP contribution in [-0.2, 0) is 0 Å². The second-order valence-corrected chi connectivity index (χ2v) is 5.44. The molecule has 2 N–H and O–H groups in total. The molecule has 3 rings (SSSR count). The molecule has 0 saturated carbocycles. The average molecular weight is 332 g/mol. The van der Waals surface area contributed by atoms with E-state index in [2.05, 4.69) is 27.0 Å². The Morgan fingerprint density at radius 1 is 1.25 bits per heavy atom. The van der Waals surface area contributed by atoms with E-state index in [0.29, 0.717) is 5.95 Å². The summed E-state index contributed by atoms with van der Waals surface area (Å²) in [6.45, 7) is 2.05. The first-order chi connectivity index (χ1) is 9.61. The predicted octanol–water partition coefficient (Wildman–Crippen LogP) is 3.69. The number of anilines is 1. The Morgan fingerprint density at radius 2 is 2.05 bits per heavy atom. The van der Waals surface area contributed by atoms with Gasteiger partial charge in [-0.3, -0.25) is 4.57 Å². The molecule has 0 saturated heterocycles. The number of imidazole rings is 1. The van der Waals surface area contributed by atoms with Gasteiger partial charge in [0.05, 0.1) is 18.3 Å². The van der Waals surface area contributed by atoms with Crippen LogP contribution in [0.3, 0.4) is 0 Å². The van der Waals surface area contributed by atoms with Gasteiger partial charge in [-0.25, -0.2) is 4.98 Å². The molecule has 0 atom stereocenters. The molecule has 0 fully saturated rings. The average Bonchev–Trinajstić information content (AvgIpc) is 2.75. The smallest absolute Gasteiger partial charge is 0.206 e. The number of nitrogens with two attached hydrogens (primary N) is 1. The third-order valence-corrected chi connectivity index (χ3v) is 3.87. The molecule has 2 aromatic carbocycles. The van der Waals surface area contributed by atoms with Gasteiger partial charge < -0.3 is 10.5 Å². The molecule has 0 aliphatic carbocycles. The van der Waals surface area contributed by atoms with Crippen molar-refractivity contribution in [3.05, 3.63) is 46.4 Å². The van der Waals surface area contributed by atoms with E-state index in [1.165, 1.54) is 5.56 Å². The SMILES string of the molecule is COc1cccc2c1nc(N)n2-c1ccc(C)cc1Br. The molecule has 0 amide bonds. The van der Waals surface area contributed by atoms with Crippen LogP contribution in [-0.4, -0.2) is 16.7 Å². The molecular weight excluding hydrogens is 318 g/mol. The first-order valence-electron chi connectivity index (χ1n) is 6.19. The van der Waals surface area contributed by atoms with Crippen LogP contribution < -0.4 is 10.5 Å². The van der Waals surface area contributed by atoms with Crippen LogP contribution in [0, 0.1) is 6.92 Å². The van der Waals surface area contributed by atoms with Crippen molar-refractivity contribution in [3.63, 3.8) is 0 Å². The summed E-state index contributed by atoms with van der Waals surface area (Å²) in [5, 5.41) is 0. The summed E-state index contributed by atoms with van der Waals surface area (Å²) >= 11 is 3.59. The number of halogens is 1. The Labute approximate surface area is 125 Å². The second kappa shape index (κ2) is 4.83. The number of hydrogen-bond donors (Lipinski definition) is 1. The Morgan fingerprint density at radius 3 is 2.75 bits per heavy atom. The van der Waals surface area contributed by atoms with E-state index in [-0.39, 0.29) is 0 Å². The number of hydrogen-bond acceptors (Lipinski definition) is 3. The minimum atomic E-state index is 0.439. The quantitative estimate of drug-likeness (QED) is 0.779. The van der Waals surface area contributed by atoms with Gasteiger partial charge in [-0.05, 0) is 52.7 Å². The highest BCUT2D eigenvalue weighted by molar-refractivity contribution is 9.10. The molecular formula is C15H14BrN3O. The fourth-order valence-corrected chi connectivity index (χ4v) is 2.97. The van der Waals surface area contributed by atoms with Crippen LogP contribution in [0.1, 0.15) is 5.56 Å². The van der Waals surface area contributed by atoms with Crippen LogP contribution in [0.5, 0.6) is 5.75 Å². The zero-order valence-electron chi connectivity index (χ0n) is 11.2. The third kappa shape index (κ3) is 1.94. The van der Waals surface area contributed by atoms with Crippen LogP contribution in [0.2, 0.25) is 0 Å². The molecule has 5 heteroatoms. The minimum absolute atomic E-state index is 0.439. The number of rotatable bonds is 2. The summed E-state index contributed by atoms with van der Waals surface area (Å²) in [5.41, 5.74) is 9.92. The van der Waals surface area contributed by atoms with Crippen LogP contribution >= 0.6 is 15.9 Å². The Bertz CT molecular complexity index is 795. The molecule has 1 aromatic heterocycles. The maximum Gasteiger partial charge on any atom is 0.206 e. The van der Waals surface area contributed by atoms with Crippen molar-refractivity contribution >= 4 is 32.9 Å². The first kappa shape index (κ1) is 13.0. The fraction of sp³-hybridized carbons (Fsp3) is 0.133. The lowest BCUT2D eigenvalue weighted by Crippen LogP contribution is -2.01. The van der Waals surface area contributed by atoms with Crippen molar-refractivity contribution in [1.29, 1.82) is 0 Å². The van der Waals surface area contributed by atoms with E-state index < -0.39 is 0 Å². The molecule has 0 unspecified atom stereocenters. The predicted molar refractivity (Wildman–Crippen MR) is 84.5 cm³/mol. The standard InChI is InChI=1S/C15H14BrN3O/c1-9-6-7-11(10(16)8-9)19-12-4-3-5-13(20-2)14(12)18-15(19)17/h3-8H,1-2H3,(H2,17,18). The summed E-state index contributed by atoms with van der Waals surface area (Å²) in [7, 11) is 1.63. The minimum Gasteiger partial charge on any atom is -0.494 e. The number of nitrogen functional groups attached to an aromatic ring is 1. The van der Waals surface area contributed by atoms with Gasteiger partial charge in [-0.15, -0.1) is 0 Å². The van der Waals surface area contributed by atoms with Crippen LogP contribution in [0.15, 0.2) is 40.9 Å². The zero-order chi connectivity index (χ0) is 14.3. The highest BCUT2D eigenvalue weighted by Gasteiger charge is 2.15.